The summed E-state index contributed by atoms with van der Waals surface area (Å²) in [5.74, 6) is 1.84. The number of carbonyl (C=O) groups excluding carboxylic acids is 1. The first kappa shape index (κ1) is 13.3. The van der Waals surface area contributed by atoms with Gasteiger partial charge in [-0.1, -0.05) is 26.2 Å². The SMILES string of the molecule is CC12CCCCC1CC1C(=O)CC3CCCCN3C1C2. The fourth-order valence-corrected chi connectivity index (χ4v) is 5.98. The molecule has 2 heteroatoms. The van der Waals surface area contributed by atoms with Crippen LogP contribution < -0.4 is 0 Å². The lowest BCUT2D eigenvalue weighted by Gasteiger charge is -2.57. The Morgan fingerprint density at radius 2 is 2.00 bits per heavy atom. The maximum absolute atomic E-state index is 12.6. The highest BCUT2D eigenvalue weighted by Crippen LogP contribution is 2.54. The van der Waals surface area contributed by atoms with E-state index in [1.807, 2.05) is 0 Å². The topological polar surface area (TPSA) is 20.3 Å². The van der Waals surface area contributed by atoms with Crippen LogP contribution in [0.5, 0.6) is 0 Å². The molecule has 4 rings (SSSR count). The Kier molecular flexibility index (Phi) is 3.21. The number of hydrogen-bond acceptors (Lipinski definition) is 2. The van der Waals surface area contributed by atoms with Crippen molar-refractivity contribution in [2.45, 2.75) is 83.2 Å². The second-order valence-electron chi connectivity index (χ2n) is 8.27. The maximum atomic E-state index is 12.6. The quantitative estimate of drug-likeness (QED) is 0.670. The summed E-state index contributed by atoms with van der Waals surface area (Å²) in [4.78, 5) is 15.4. The minimum absolute atomic E-state index is 0.389. The zero-order valence-corrected chi connectivity index (χ0v) is 12.9. The Labute approximate surface area is 123 Å². The Hall–Kier alpha value is -0.370. The molecule has 0 N–H and O–H groups in total. The summed E-state index contributed by atoms with van der Waals surface area (Å²) in [5, 5.41) is 0. The molecule has 0 amide bonds. The molecule has 5 atom stereocenters. The monoisotopic (exact) mass is 275 g/mol. The van der Waals surface area contributed by atoms with Crippen LogP contribution in [0, 0.1) is 17.3 Å². The maximum Gasteiger partial charge on any atom is 0.139 e. The summed E-state index contributed by atoms with van der Waals surface area (Å²) < 4.78 is 0. The molecule has 2 saturated heterocycles. The molecule has 0 bridgehead atoms. The molecule has 2 aliphatic heterocycles. The van der Waals surface area contributed by atoms with Crippen LogP contribution in [0.15, 0.2) is 0 Å². The van der Waals surface area contributed by atoms with E-state index in [1.54, 1.807) is 0 Å². The van der Waals surface area contributed by atoms with E-state index in [2.05, 4.69) is 11.8 Å². The van der Waals surface area contributed by atoms with Crippen molar-refractivity contribution in [2.75, 3.05) is 6.54 Å². The van der Waals surface area contributed by atoms with Crippen LogP contribution in [0.1, 0.15) is 71.1 Å². The molecule has 0 spiro atoms. The van der Waals surface area contributed by atoms with Crippen molar-refractivity contribution < 1.29 is 4.79 Å². The predicted molar refractivity (Wildman–Crippen MR) is 80.5 cm³/mol. The van der Waals surface area contributed by atoms with Crippen molar-refractivity contribution in [1.82, 2.24) is 4.90 Å². The van der Waals surface area contributed by atoms with Crippen molar-refractivity contribution in [3.8, 4) is 0 Å². The number of fused-ring (bicyclic) bond motifs is 4. The Morgan fingerprint density at radius 3 is 2.90 bits per heavy atom. The lowest BCUT2D eigenvalue weighted by Crippen LogP contribution is -2.61. The van der Waals surface area contributed by atoms with Gasteiger partial charge in [0.2, 0.25) is 0 Å². The van der Waals surface area contributed by atoms with Crippen molar-refractivity contribution in [1.29, 1.82) is 0 Å². The molecular formula is C18H29NO. The van der Waals surface area contributed by atoms with Gasteiger partial charge in [0.25, 0.3) is 0 Å². The van der Waals surface area contributed by atoms with Crippen LogP contribution in [0.4, 0.5) is 0 Å². The Bertz CT molecular complexity index is 406. The van der Waals surface area contributed by atoms with Crippen molar-refractivity contribution in [3.05, 3.63) is 0 Å². The lowest BCUT2D eigenvalue weighted by atomic mass is 9.55. The van der Waals surface area contributed by atoms with E-state index in [1.165, 1.54) is 64.3 Å². The van der Waals surface area contributed by atoms with Crippen molar-refractivity contribution >= 4 is 5.78 Å². The third-order valence-electron chi connectivity index (χ3n) is 7.16. The molecule has 0 radical (unpaired) electrons. The van der Waals surface area contributed by atoms with Gasteiger partial charge in [-0.05, 0) is 56.4 Å². The molecule has 0 aromatic carbocycles. The summed E-state index contributed by atoms with van der Waals surface area (Å²) in [7, 11) is 0. The molecule has 0 aromatic heterocycles. The second kappa shape index (κ2) is 4.83. The number of nitrogens with zero attached hydrogens (tertiary/aromatic N) is 1. The van der Waals surface area contributed by atoms with Gasteiger partial charge in [0, 0.05) is 24.4 Å². The van der Waals surface area contributed by atoms with E-state index >= 15 is 0 Å². The van der Waals surface area contributed by atoms with Gasteiger partial charge in [0.05, 0.1) is 0 Å². The van der Waals surface area contributed by atoms with Gasteiger partial charge >= 0.3 is 0 Å². The van der Waals surface area contributed by atoms with Crippen molar-refractivity contribution in [2.24, 2.45) is 17.3 Å². The summed E-state index contributed by atoms with van der Waals surface area (Å²) >= 11 is 0. The summed E-state index contributed by atoms with van der Waals surface area (Å²) in [6.45, 7) is 3.80. The third-order valence-corrected chi connectivity index (χ3v) is 7.16. The number of Topliss-reactive ketones (excluding diaryl/α,β-unsaturated/α-hetero) is 1. The molecule has 5 unspecified atom stereocenters. The summed E-state index contributed by atoms with van der Waals surface area (Å²) in [5.41, 5.74) is 0.541. The van der Waals surface area contributed by atoms with Gasteiger partial charge in [0.1, 0.15) is 5.78 Å². The van der Waals surface area contributed by atoms with E-state index in [0.29, 0.717) is 29.2 Å². The standard InChI is InChI=1S/C18H29NO/c1-18-8-4-2-6-13(18)10-15-16(12-18)19-9-5-3-7-14(19)11-17(15)20/h13-16H,2-12H2,1H3. The number of hydrogen-bond donors (Lipinski definition) is 0. The van der Waals surface area contributed by atoms with E-state index in [-0.39, 0.29) is 0 Å². The molecule has 112 valence electrons. The fourth-order valence-electron chi connectivity index (χ4n) is 5.98. The lowest BCUT2D eigenvalue weighted by molar-refractivity contribution is -0.143. The highest BCUT2D eigenvalue weighted by Gasteiger charge is 2.52. The van der Waals surface area contributed by atoms with E-state index in [0.717, 1.165) is 12.3 Å². The zero-order valence-electron chi connectivity index (χ0n) is 12.9. The predicted octanol–water partition coefficient (Wildman–Crippen LogP) is 3.79. The summed E-state index contributed by atoms with van der Waals surface area (Å²) in [6.07, 6.45) is 13.0. The molecule has 2 heterocycles. The summed E-state index contributed by atoms with van der Waals surface area (Å²) in [6, 6.07) is 1.20. The highest BCUT2D eigenvalue weighted by atomic mass is 16.1. The minimum atomic E-state index is 0.389. The third kappa shape index (κ3) is 1.98. The molecule has 2 aliphatic carbocycles. The van der Waals surface area contributed by atoms with E-state index in [9.17, 15) is 4.79 Å². The Balaban J connectivity index is 1.61. The largest absolute Gasteiger partial charge is 0.299 e. The van der Waals surface area contributed by atoms with Gasteiger partial charge in [-0.15, -0.1) is 0 Å². The molecular weight excluding hydrogens is 246 g/mol. The molecule has 20 heavy (non-hydrogen) atoms. The molecule has 0 aromatic rings. The van der Waals surface area contributed by atoms with E-state index < -0.39 is 0 Å². The average Bonchev–Trinajstić information content (AvgIpc) is 2.45. The van der Waals surface area contributed by atoms with Crippen LogP contribution in [0.3, 0.4) is 0 Å². The van der Waals surface area contributed by atoms with Crippen LogP contribution >= 0.6 is 0 Å². The number of carbonyl (C=O) groups is 1. The van der Waals surface area contributed by atoms with E-state index in [4.69, 9.17) is 0 Å². The fraction of sp³-hybridized carbons (Fsp3) is 0.944. The smallest absolute Gasteiger partial charge is 0.139 e. The van der Waals surface area contributed by atoms with Gasteiger partial charge in [-0.3, -0.25) is 9.69 Å². The normalized spacial score (nSPS) is 49.1. The second-order valence-corrected chi connectivity index (χ2v) is 8.27. The molecule has 4 aliphatic rings. The molecule has 2 nitrogen and oxygen atoms in total. The number of piperidine rings is 2. The highest BCUT2D eigenvalue weighted by molar-refractivity contribution is 5.83. The number of rotatable bonds is 0. The minimum Gasteiger partial charge on any atom is -0.299 e. The van der Waals surface area contributed by atoms with Crippen molar-refractivity contribution in [3.63, 3.8) is 0 Å². The van der Waals surface area contributed by atoms with Crippen LogP contribution in [-0.2, 0) is 4.79 Å². The van der Waals surface area contributed by atoms with Gasteiger partial charge in [-0.2, -0.15) is 0 Å². The molecule has 2 saturated carbocycles. The Morgan fingerprint density at radius 1 is 1.15 bits per heavy atom. The van der Waals surface area contributed by atoms with Gasteiger partial charge in [0.15, 0.2) is 0 Å². The van der Waals surface area contributed by atoms with Crippen LogP contribution in [0.25, 0.3) is 0 Å². The van der Waals surface area contributed by atoms with Gasteiger partial charge < -0.3 is 0 Å². The first-order chi connectivity index (χ1) is 9.67. The number of ketones is 1. The molecule has 4 fully saturated rings. The first-order valence-electron chi connectivity index (χ1n) is 8.96. The van der Waals surface area contributed by atoms with Crippen LogP contribution in [-0.4, -0.2) is 29.3 Å². The zero-order chi connectivity index (χ0) is 13.7. The van der Waals surface area contributed by atoms with Gasteiger partial charge in [-0.25, -0.2) is 0 Å². The van der Waals surface area contributed by atoms with Crippen LogP contribution in [0.2, 0.25) is 0 Å². The average molecular weight is 275 g/mol. The first-order valence-corrected chi connectivity index (χ1v) is 8.96.